The third-order valence-corrected chi connectivity index (χ3v) is 4.30. The predicted molar refractivity (Wildman–Crippen MR) is 97.7 cm³/mol. The van der Waals surface area contributed by atoms with Crippen molar-refractivity contribution in [3.63, 3.8) is 0 Å². The first-order valence-corrected chi connectivity index (χ1v) is 8.30. The van der Waals surface area contributed by atoms with Gasteiger partial charge in [0.15, 0.2) is 0 Å². The molecule has 1 aliphatic rings. The number of nitrogens with zero attached hydrogens (tertiary/aromatic N) is 1. The number of carbonyl (C=O) groups is 2. The molecule has 3 N–H and O–H groups in total. The lowest BCUT2D eigenvalue weighted by Crippen LogP contribution is -2.34. The van der Waals surface area contributed by atoms with Crippen LogP contribution in [0.1, 0.15) is 11.1 Å². The summed E-state index contributed by atoms with van der Waals surface area (Å²) in [5.41, 5.74) is 3.10. The van der Waals surface area contributed by atoms with Crippen LogP contribution in [0.4, 0.5) is 21.0 Å². The van der Waals surface area contributed by atoms with Crippen molar-refractivity contribution in [2.75, 3.05) is 17.2 Å². The second-order valence-corrected chi connectivity index (χ2v) is 6.55. The summed E-state index contributed by atoms with van der Waals surface area (Å²) in [7, 11) is 0. The van der Waals surface area contributed by atoms with Gasteiger partial charge in [0.2, 0.25) is 0 Å². The summed E-state index contributed by atoms with van der Waals surface area (Å²) in [5, 5.41) is 15.3. The molecule has 25 heavy (non-hydrogen) atoms. The molecule has 0 saturated carbocycles. The number of nitrogens with one attached hydrogen (secondary N) is 2. The van der Waals surface area contributed by atoms with Gasteiger partial charge in [-0.1, -0.05) is 29.3 Å². The van der Waals surface area contributed by atoms with E-state index in [1.165, 1.54) is 4.90 Å². The molecule has 0 saturated heterocycles. The van der Waals surface area contributed by atoms with Gasteiger partial charge in [0, 0.05) is 34.5 Å². The van der Waals surface area contributed by atoms with Gasteiger partial charge in [-0.2, -0.15) is 0 Å². The van der Waals surface area contributed by atoms with Crippen LogP contribution < -0.4 is 10.6 Å². The maximum Gasteiger partial charge on any atom is 0.407 e. The largest absolute Gasteiger partial charge is 0.465 e. The minimum Gasteiger partial charge on any atom is -0.465 e. The minimum atomic E-state index is -0.924. The normalized spacial score (nSPS) is 13.1. The lowest BCUT2D eigenvalue weighted by atomic mass is 9.99. The van der Waals surface area contributed by atoms with Crippen molar-refractivity contribution in [3.05, 3.63) is 57.6 Å². The lowest BCUT2D eigenvalue weighted by molar-refractivity contribution is 0.140. The van der Waals surface area contributed by atoms with Crippen LogP contribution in [-0.2, 0) is 13.0 Å². The van der Waals surface area contributed by atoms with Crippen LogP contribution in [0.5, 0.6) is 0 Å². The van der Waals surface area contributed by atoms with Crippen molar-refractivity contribution in [1.29, 1.82) is 0 Å². The summed E-state index contributed by atoms with van der Waals surface area (Å²) < 4.78 is 0. The molecule has 8 heteroatoms. The quantitative estimate of drug-likeness (QED) is 0.708. The Morgan fingerprint density at radius 1 is 0.960 bits per heavy atom. The van der Waals surface area contributed by atoms with Gasteiger partial charge in [0.1, 0.15) is 0 Å². The molecule has 1 heterocycles. The third kappa shape index (κ3) is 4.35. The number of anilines is 2. The van der Waals surface area contributed by atoms with Crippen molar-refractivity contribution in [1.82, 2.24) is 4.90 Å². The van der Waals surface area contributed by atoms with Crippen LogP contribution in [-0.4, -0.2) is 28.7 Å². The van der Waals surface area contributed by atoms with Crippen LogP contribution >= 0.6 is 23.2 Å². The molecule has 0 atom stereocenters. The summed E-state index contributed by atoms with van der Waals surface area (Å²) in [5.74, 6) is 0. The van der Waals surface area contributed by atoms with Gasteiger partial charge >= 0.3 is 12.1 Å². The molecule has 2 aromatic rings. The fourth-order valence-corrected chi connectivity index (χ4v) is 3.24. The number of fused-ring (bicyclic) bond motifs is 1. The van der Waals surface area contributed by atoms with E-state index in [9.17, 15) is 9.59 Å². The van der Waals surface area contributed by atoms with Crippen molar-refractivity contribution >= 4 is 46.7 Å². The monoisotopic (exact) mass is 379 g/mol. The van der Waals surface area contributed by atoms with Gasteiger partial charge < -0.3 is 20.6 Å². The number of carbonyl (C=O) groups excluding carboxylic acids is 1. The summed E-state index contributed by atoms with van der Waals surface area (Å²) in [4.78, 5) is 24.5. The van der Waals surface area contributed by atoms with E-state index in [0.717, 1.165) is 11.1 Å². The van der Waals surface area contributed by atoms with Gasteiger partial charge in [0.05, 0.1) is 0 Å². The zero-order valence-corrected chi connectivity index (χ0v) is 14.6. The number of hydrogen-bond acceptors (Lipinski definition) is 2. The second kappa shape index (κ2) is 7.21. The van der Waals surface area contributed by atoms with Gasteiger partial charge in [-0.15, -0.1) is 0 Å². The molecule has 0 radical (unpaired) electrons. The van der Waals surface area contributed by atoms with Gasteiger partial charge in [0.25, 0.3) is 0 Å². The second-order valence-electron chi connectivity index (χ2n) is 5.67. The number of benzene rings is 2. The van der Waals surface area contributed by atoms with E-state index >= 15 is 0 Å². The fraction of sp³-hybridized carbons (Fsp3) is 0.176. The molecule has 0 aromatic heterocycles. The molecule has 3 amide bonds. The van der Waals surface area contributed by atoms with Crippen LogP contribution in [0.15, 0.2) is 36.4 Å². The molecule has 2 aromatic carbocycles. The van der Waals surface area contributed by atoms with E-state index in [4.69, 9.17) is 28.3 Å². The SMILES string of the molecule is O=C(Nc1cc(Cl)cc(Cl)c1)Nc1ccc2c(c1)CCN(C(=O)O)C2. The highest BCUT2D eigenvalue weighted by molar-refractivity contribution is 6.35. The molecular formula is C17H15Cl2N3O3. The summed E-state index contributed by atoms with van der Waals surface area (Å²) >= 11 is 11.8. The Kier molecular flexibility index (Phi) is 5.01. The van der Waals surface area contributed by atoms with Gasteiger partial charge in [-0.05, 0) is 47.9 Å². The first kappa shape index (κ1) is 17.4. The molecule has 0 bridgehead atoms. The topological polar surface area (TPSA) is 81.7 Å². The summed E-state index contributed by atoms with van der Waals surface area (Å²) in [6.07, 6.45) is -0.310. The number of carboxylic acid groups (broad SMARTS) is 1. The highest BCUT2D eigenvalue weighted by atomic mass is 35.5. The Hall–Kier alpha value is -2.44. The Morgan fingerprint density at radius 3 is 2.32 bits per heavy atom. The molecule has 6 nitrogen and oxygen atoms in total. The van der Waals surface area contributed by atoms with E-state index in [2.05, 4.69) is 10.6 Å². The average Bonchev–Trinajstić information content (AvgIpc) is 2.53. The highest BCUT2D eigenvalue weighted by Crippen LogP contribution is 2.24. The Balaban J connectivity index is 1.67. The van der Waals surface area contributed by atoms with Crippen LogP contribution in [0.3, 0.4) is 0 Å². The zero-order chi connectivity index (χ0) is 18.0. The first-order chi connectivity index (χ1) is 11.9. The molecule has 130 valence electrons. The maximum atomic E-state index is 12.1. The molecule has 0 fully saturated rings. The number of urea groups is 1. The van der Waals surface area contributed by atoms with Crippen LogP contribution in [0, 0.1) is 0 Å². The summed E-state index contributed by atoms with van der Waals surface area (Å²) in [6, 6.07) is 9.79. The van der Waals surface area contributed by atoms with Crippen LogP contribution in [0.2, 0.25) is 10.0 Å². The van der Waals surface area contributed by atoms with E-state index in [-0.39, 0.29) is 0 Å². The molecule has 0 spiro atoms. The number of rotatable bonds is 2. The van der Waals surface area contributed by atoms with Gasteiger partial charge in [-0.3, -0.25) is 0 Å². The van der Waals surface area contributed by atoms with E-state index < -0.39 is 12.1 Å². The first-order valence-electron chi connectivity index (χ1n) is 7.54. The predicted octanol–water partition coefficient (Wildman–Crippen LogP) is 4.67. The Labute approximate surface area is 154 Å². The Bertz CT molecular complexity index is 822. The highest BCUT2D eigenvalue weighted by Gasteiger charge is 2.20. The van der Waals surface area contributed by atoms with E-state index in [1.807, 2.05) is 12.1 Å². The van der Waals surface area contributed by atoms with Gasteiger partial charge in [-0.25, -0.2) is 9.59 Å². The van der Waals surface area contributed by atoms with Crippen LogP contribution in [0.25, 0.3) is 0 Å². The van der Waals surface area contributed by atoms with E-state index in [0.29, 0.717) is 40.9 Å². The van der Waals surface area contributed by atoms with E-state index in [1.54, 1.807) is 24.3 Å². The molecule has 0 aliphatic carbocycles. The summed E-state index contributed by atoms with van der Waals surface area (Å²) in [6.45, 7) is 0.803. The Morgan fingerprint density at radius 2 is 1.64 bits per heavy atom. The number of amides is 3. The fourth-order valence-electron chi connectivity index (χ4n) is 2.71. The van der Waals surface area contributed by atoms with Crippen molar-refractivity contribution in [3.8, 4) is 0 Å². The average molecular weight is 380 g/mol. The third-order valence-electron chi connectivity index (χ3n) is 3.87. The molecular weight excluding hydrogens is 365 g/mol. The smallest absolute Gasteiger partial charge is 0.407 e. The van der Waals surface area contributed by atoms with Crippen molar-refractivity contribution < 1.29 is 14.7 Å². The molecule has 3 rings (SSSR count). The van der Waals surface area contributed by atoms with Crippen molar-refractivity contribution in [2.24, 2.45) is 0 Å². The number of hydrogen-bond donors (Lipinski definition) is 3. The minimum absolute atomic E-state index is 0.359. The molecule has 1 aliphatic heterocycles. The standard InChI is InChI=1S/C17H15Cl2N3O3/c18-12-6-13(19)8-15(7-12)21-16(23)20-14-2-1-11-9-22(17(24)25)4-3-10(11)5-14/h1-2,5-8H,3-4,9H2,(H,24,25)(H2,20,21,23). The zero-order valence-electron chi connectivity index (χ0n) is 13.1. The number of halogens is 2. The maximum absolute atomic E-state index is 12.1. The van der Waals surface area contributed by atoms with Crippen molar-refractivity contribution in [2.45, 2.75) is 13.0 Å². The molecule has 0 unspecified atom stereocenters. The lowest BCUT2D eigenvalue weighted by Gasteiger charge is -2.26.